The molecule has 18 heavy (non-hydrogen) atoms. The van der Waals surface area contributed by atoms with E-state index in [1.165, 1.54) is 0 Å². The van der Waals surface area contributed by atoms with Crippen LogP contribution in [-0.2, 0) is 20.1 Å². The Morgan fingerprint density at radius 2 is 2.28 bits per heavy atom. The molecule has 0 aliphatic heterocycles. The van der Waals surface area contributed by atoms with Gasteiger partial charge in [-0.25, -0.2) is 4.98 Å². The molecule has 2 heterocycles. The zero-order valence-electron chi connectivity index (χ0n) is 10.6. The molecule has 2 N–H and O–H groups in total. The molecule has 2 aromatic rings. The Balaban J connectivity index is 1.81. The van der Waals surface area contributed by atoms with E-state index in [4.69, 9.17) is 4.42 Å². The number of aryl methyl sites for hydroxylation is 1. The fraction of sp³-hybridized carbons (Fsp3) is 0.333. The van der Waals surface area contributed by atoms with Crippen LogP contribution in [0.3, 0.4) is 0 Å². The van der Waals surface area contributed by atoms with Crippen molar-refractivity contribution >= 4 is 5.96 Å². The molecule has 0 saturated heterocycles. The van der Waals surface area contributed by atoms with Crippen molar-refractivity contribution in [2.45, 2.75) is 13.1 Å². The van der Waals surface area contributed by atoms with Crippen molar-refractivity contribution in [2.75, 3.05) is 7.05 Å². The third kappa shape index (κ3) is 3.13. The number of aliphatic imine (C=N–C) groups is 1. The molecule has 0 saturated carbocycles. The van der Waals surface area contributed by atoms with Gasteiger partial charge in [0.05, 0.1) is 31.4 Å². The predicted octanol–water partition coefficient (Wildman–Crippen LogP) is 0.878. The Kier molecular flexibility index (Phi) is 4.01. The standard InChI is InChI=1S/C12H17N5O/c1-13-12(16-8-11-4-3-5-18-11)15-7-10-6-14-9-17(10)2/h3-6,9H,7-8H2,1-2H3,(H2,13,15,16). The van der Waals surface area contributed by atoms with Gasteiger partial charge < -0.3 is 19.6 Å². The summed E-state index contributed by atoms with van der Waals surface area (Å²) < 4.78 is 7.20. The molecule has 0 amide bonds. The van der Waals surface area contributed by atoms with E-state index in [-0.39, 0.29) is 0 Å². The molecule has 0 aliphatic carbocycles. The van der Waals surface area contributed by atoms with Crippen molar-refractivity contribution in [1.82, 2.24) is 20.2 Å². The molecule has 0 aromatic carbocycles. The first-order valence-corrected chi connectivity index (χ1v) is 5.71. The molecule has 0 bridgehead atoms. The van der Waals surface area contributed by atoms with Gasteiger partial charge in [0.25, 0.3) is 0 Å². The summed E-state index contributed by atoms with van der Waals surface area (Å²) in [4.78, 5) is 8.20. The van der Waals surface area contributed by atoms with Gasteiger partial charge >= 0.3 is 0 Å². The van der Waals surface area contributed by atoms with Crippen LogP contribution in [0.1, 0.15) is 11.5 Å². The summed E-state index contributed by atoms with van der Waals surface area (Å²) in [6.45, 7) is 1.28. The Morgan fingerprint density at radius 3 is 2.89 bits per heavy atom. The summed E-state index contributed by atoms with van der Waals surface area (Å²) >= 11 is 0. The normalized spacial score (nSPS) is 11.6. The van der Waals surface area contributed by atoms with Crippen molar-refractivity contribution in [2.24, 2.45) is 12.0 Å². The maximum Gasteiger partial charge on any atom is 0.191 e. The Morgan fingerprint density at radius 1 is 1.44 bits per heavy atom. The molecule has 0 fully saturated rings. The van der Waals surface area contributed by atoms with Crippen LogP contribution >= 0.6 is 0 Å². The molecule has 6 nitrogen and oxygen atoms in total. The smallest absolute Gasteiger partial charge is 0.191 e. The fourth-order valence-corrected chi connectivity index (χ4v) is 1.53. The summed E-state index contributed by atoms with van der Waals surface area (Å²) in [5.41, 5.74) is 1.09. The van der Waals surface area contributed by atoms with E-state index >= 15 is 0 Å². The molecule has 0 unspecified atom stereocenters. The molecule has 96 valence electrons. The predicted molar refractivity (Wildman–Crippen MR) is 69.0 cm³/mol. The lowest BCUT2D eigenvalue weighted by Crippen LogP contribution is -2.36. The number of aromatic nitrogens is 2. The monoisotopic (exact) mass is 247 g/mol. The van der Waals surface area contributed by atoms with Crippen molar-refractivity contribution in [3.05, 3.63) is 42.4 Å². The Bertz CT molecular complexity index is 500. The molecule has 0 radical (unpaired) electrons. The highest BCUT2D eigenvalue weighted by molar-refractivity contribution is 5.79. The topological polar surface area (TPSA) is 67.4 Å². The van der Waals surface area contributed by atoms with Crippen LogP contribution in [0.4, 0.5) is 0 Å². The number of imidazole rings is 1. The van der Waals surface area contributed by atoms with E-state index in [1.807, 2.05) is 29.9 Å². The van der Waals surface area contributed by atoms with E-state index in [0.29, 0.717) is 13.1 Å². The summed E-state index contributed by atoms with van der Waals surface area (Å²) in [5.74, 6) is 1.60. The van der Waals surface area contributed by atoms with Gasteiger partial charge in [-0.1, -0.05) is 0 Å². The lowest BCUT2D eigenvalue weighted by atomic mass is 10.4. The second-order valence-corrected chi connectivity index (χ2v) is 3.85. The lowest BCUT2D eigenvalue weighted by molar-refractivity contribution is 0.501. The largest absolute Gasteiger partial charge is 0.467 e. The Labute approximate surface area is 106 Å². The van der Waals surface area contributed by atoms with Gasteiger partial charge in [0.15, 0.2) is 5.96 Å². The maximum absolute atomic E-state index is 5.24. The molecular formula is C12H17N5O. The van der Waals surface area contributed by atoms with Crippen LogP contribution in [0.15, 0.2) is 40.3 Å². The zero-order chi connectivity index (χ0) is 12.8. The van der Waals surface area contributed by atoms with Gasteiger partial charge in [0, 0.05) is 20.3 Å². The fourth-order valence-electron chi connectivity index (χ4n) is 1.53. The summed E-state index contributed by atoms with van der Waals surface area (Å²) in [5, 5.41) is 6.38. The van der Waals surface area contributed by atoms with E-state index in [1.54, 1.807) is 19.6 Å². The summed E-state index contributed by atoms with van der Waals surface area (Å²) in [6.07, 6.45) is 5.26. The van der Waals surface area contributed by atoms with Gasteiger partial charge in [-0.15, -0.1) is 0 Å². The summed E-state index contributed by atoms with van der Waals surface area (Å²) in [6, 6.07) is 3.78. The first kappa shape index (κ1) is 12.2. The number of nitrogens with one attached hydrogen (secondary N) is 2. The van der Waals surface area contributed by atoms with Crippen molar-refractivity contribution in [3.8, 4) is 0 Å². The minimum atomic E-state index is 0.609. The lowest BCUT2D eigenvalue weighted by Gasteiger charge is -2.10. The van der Waals surface area contributed by atoms with Gasteiger partial charge in [-0.3, -0.25) is 4.99 Å². The number of furan rings is 1. The van der Waals surface area contributed by atoms with Crippen LogP contribution in [0.2, 0.25) is 0 Å². The second-order valence-electron chi connectivity index (χ2n) is 3.85. The van der Waals surface area contributed by atoms with Gasteiger partial charge in [0.1, 0.15) is 5.76 Å². The van der Waals surface area contributed by atoms with Crippen molar-refractivity contribution in [3.63, 3.8) is 0 Å². The Hall–Kier alpha value is -2.24. The average molecular weight is 247 g/mol. The number of rotatable bonds is 4. The SMILES string of the molecule is CN=C(NCc1ccco1)NCc1cncn1C. The molecule has 2 aromatic heterocycles. The van der Waals surface area contributed by atoms with E-state index in [2.05, 4.69) is 20.6 Å². The van der Waals surface area contributed by atoms with Crippen LogP contribution in [0.25, 0.3) is 0 Å². The van der Waals surface area contributed by atoms with Gasteiger partial charge in [0.2, 0.25) is 0 Å². The number of nitrogens with zero attached hydrogens (tertiary/aromatic N) is 3. The molecule has 0 aliphatic rings. The highest BCUT2D eigenvalue weighted by Gasteiger charge is 2.02. The van der Waals surface area contributed by atoms with Crippen LogP contribution in [-0.4, -0.2) is 22.6 Å². The van der Waals surface area contributed by atoms with Crippen LogP contribution in [0.5, 0.6) is 0 Å². The first-order valence-electron chi connectivity index (χ1n) is 5.71. The summed E-state index contributed by atoms with van der Waals surface area (Å²) in [7, 11) is 3.70. The van der Waals surface area contributed by atoms with Gasteiger partial charge in [-0.2, -0.15) is 0 Å². The highest BCUT2D eigenvalue weighted by atomic mass is 16.3. The van der Waals surface area contributed by atoms with Gasteiger partial charge in [-0.05, 0) is 12.1 Å². The third-order valence-corrected chi connectivity index (χ3v) is 2.59. The molecule has 6 heteroatoms. The number of hydrogen-bond acceptors (Lipinski definition) is 3. The molecular weight excluding hydrogens is 230 g/mol. The molecule has 0 spiro atoms. The number of guanidine groups is 1. The van der Waals surface area contributed by atoms with Crippen molar-refractivity contribution in [1.29, 1.82) is 0 Å². The second kappa shape index (κ2) is 5.90. The number of hydrogen-bond donors (Lipinski definition) is 2. The minimum Gasteiger partial charge on any atom is -0.467 e. The minimum absolute atomic E-state index is 0.609. The van der Waals surface area contributed by atoms with Crippen molar-refractivity contribution < 1.29 is 4.42 Å². The molecule has 2 rings (SSSR count). The maximum atomic E-state index is 5.24. The quantitative estimate of drug-likeness (QED) is 0.621. The van der Waals surface area contributed by atoms with E-state index in [9.17, 15) is 0 Å². The van der Waals surface area contributed by atoms with E-state index < -0.39 is 0 Å². The third-order valence-electron chi connectivity index (χ3n) is 2.59. The van der Waals surface area contributed by atoms with Crippen LogP contribution < -0.4 is 10.6 Å². The van der Waals surface area contributed by atoms with E-state index in [0.717, 1.165) is 17.4 Å². The molecule has 0 atom stereocenters. The highest BCUT2D eigenvalue weighted by Crippen LogP contribution is 1.98. The van der Waals surface area contributed by atoms with Crippen LogP contribution in [0, 0.1) is 0 Å². The average Bonchev–Trinajstić information content (AvgIpc) is 3.01. The zero-order valence-corrected chi connectivity index (χ0v) is 10.6. The first-order chi connectivity index (χ1) is 8.79.